The van der Waals surface area contributed by atoms with Crippen LogP contribution in [0.5, 0.6) is 0 Å². The molecule has 7 heteroatoms. The van der Waals surface area contributed by atoms with Gasteiger partial charge in [0.15, 0.2) is 11.7 Å². The molecule has 0 saturated heterocycles. The Morgan fingerprint density at radius 2 is 1.66 bits per heavy atom. The molecule has 0 saturated carbocycles. The summed E-state index contributed by atoms with van der Waals surface area (Å²) >= 11 is 0. The summed E-state index contributed by atoms with van der Waals surface area (Å²) in [6, 6.07) is 0. The van der Waals surface area contributed by atoms with Crippen molar-refractivity contribution in [1.29, 1.82) is 0 Å². The predicted molar refractivity (Wildman–Crippen MR) is 111 cm³/mol. The number of carboxylic acids is 1. The molecule has 0 amide bonds. The lowest BCUT2D eigenvalue weighted by Crippen LogP contribution is -2.17. The molecule has 0 aliphatic rings. The van der Waals surface area contributed by atoms with Crippen LogP contribution in [0.3, 0.4) is 0 Å². The quantitative estimate of drug-likeness (QED) is 0.178. The molecule has 0 bridgehead atoms. The molecule has 0 atom stereocenters. The van der Waals surface area contributed by atoms with Gasteiger partial charge in [0.2, 0.25) is 0 Å². The predicted octanol–water partition coefficient (Wildman–Crippen LogP) is 5.47. The zero-order valence-electron chi connectivity index (χ0n) is 16.7. The third-order valence-corrected chi connectivity index (χ3v) is 3.51. The summed E-state index contributed by atoms with van der Waals surface area (Å²) in [6.07, 6.45) is 13.2. The topological polar surface area (TPSA) is 67.8 Å². The Morgan fingerprint density at radius 3 is 2.31 bits per heavy atom. The smallest absolute Gasteiger partial charge is 0.303 e. The molecular weight excluding hydrogens is 380 g/mol. The average Bonchev–Trinajstić information content (AvgIpc) is 2.69. The normalized spacial score (nSPS) is 12.8. The Bertz CT molecular complexity index is 610. The van der Waals surface area contributed by atoms with Crippen LogP contribution in [0.25, 0.3) is 0 Å². The van der Waals surface area contributed by atoms with Crippen LogP contribution < -0.4 is 5.32 Å². The zero-order valence-corrected chi connectivity index (χ0v) is 16.7. The highest BCUT2D eigenvalue weighted by Crippen LogP contribution is 2.14. The van der Waals surface area contributed by atoms with Gasteiger partial charge in [-0.2, -0.15) is 0 Å². The number of carbonyl (C=O) groups is 1. The number of carboxylic acid groups (broad SMARTS) is 1. The molecule has 0 heterocycles. The van der Waals surface area contributed by atoms with Crippen LogP contribution >= 0.6 is 0 Å². The number of rotatable bonds is 18. The molecule has 0 fully saturated rings. The number of hydrogen-bond acceptors (Lipinski definition) is 4. The van der Waals surface area contributed by atoms with E-state index in [9.17, 15) is 13.6 Å². The Kier molecular flexibility index (Phi) is 17.0. The molecule has 0 rings (SSSR count). The minimum atomic E-state index is -1.15. The summed E-state index contributed by atoms with van der Waals surface area (Å²) in [6.45, 7) is 9.06. The van der Waals surface area contributed by atoms with E-state index in [-0.39, 0.29) is 12.2 Å². The summed E-state index contributed by atoms with van der Waals surface area (Å²) in [5.41, 5.74) is 0. The van der Waals surface area contributed by atoms with Gasteiger partial charge in [0, 0.05) is 12.5 Å². The first-order chi connectivity index (χ1) is 14.0. The van der Waals surface area contributed by atoms with Gasteiger partial charge in [-0.3, -0.25) is 4.79 Å². The SMILES string of the molecule is C=C/C=C(\C=C/OCCCCCNCCCCC(=O)O)O/C=C(F)\C(F)=C/C=C. The van der Waals surface area contributed by atoms with Gasteiger partial charge in [-0.25, -0.2) is 8.78 Å². The van der Waals surface area contributed by atoms with Gasteiger partial charge in [-0.1, -0.05) is 25.3 Å². The molecule has 0 spiro atoms. The van der Waals surface area contributed by atoms with Crippen LogP contribution in [-0.4, -0.2) is 30.8 Å². The van der Waals surface area contributed by atoms with E-state index in [0.29, 0.717) is 19.3 Å². The van der Waals surface area contributed by atoms with Crippen LogP contribution in [-0.2, 0) is 14.3 Å². The summed E-state index contributed by atoms with van der Waals surface area (Å²) in [7, 11) is 0. The van der Waals surface area contributed by atoms with E-state index in [2.05, 4.69) is 18.5 Å². The minimum absolute atomic E-state index is 0.218. The molecule has 0 aromatic rings. The average molecular weight is 411 g/mol. The van der Waals surface area contributed by atoms with Crippen molar-refractivity contribution in [1.82, 2.24) is 5.32 Å². The second-order valence-electron chi connectivity index (χ2n) is 5.97. The molecule has 0 aromatic heterocycles. The number of ether oxygens (including phenoxy) is 2. The van der Waals surface area contributed by atoms with Crippen LogP contribution in [0.4, 0.5) is 8.78 Å². The summed E-state index contributed by atoms with van der Waals surface area (Å²) < 4.78 is 37.0. The van der Waals surface area contributed by atoms with Crippen molar-refractivity contribution in [2.45, 2.75) is 38.5 Å². The molecule has 2 N–H and O–H groups in total. The fraction of sp³-hybridized carbons (Fsp3) is 0.409. The van der Waals surface area contributed by atoms with Crippen LogP contribution in [0, 0.1) is 0 Å². The number of allylic oxidation sites excluding steroid dienone is 7. The van der Waals surface area contributed by atoms with Crippen molar-refractivity contribution < 1.29 is 28.2 Å². The Morgan fingerprint density at radius 1 is 0.966 bits per heavy atom. The Hall–Kier alpha value is -2.67. The van der Waals surface area contributed by atoms with E-state index in [1.54, 1.807) is 0 Å². The molecule has 0 radical (unpaired) electrons. The molecular formula is C22H31F2NO4. The summed E-state index contributed by atoms with van der Waals surface area (Å²) in [4.78, 5) is 10.4. The number of unbranched alkanes of at least 4 members (excludes halogenated alkanes) is 3. The van der Waals surface area contributed by atoms with Crippen molar-refractivity contribution in [3.8, 4) is 0 Å². The monoisotopic (exact) mass is 411 g/mol. The lowest BCUT2D eigenvalue weighted by Gasteiger charge is -2.05. The van der Waals surface area contributed by atoms with Crippen molar-refractivity contribution in [2.75, 3.05) is 19.7 Å². The summed E-state index contributed by atoms with van der Waals surface area (Å²) in [5.74, 6) is -2.73. The van der Waals surface area contributed by atoms with Gasteiger partial charge >= 0.3 is 5.97 Å². The van der Waals surface area contributed by atoms with E-state index in [1.165, 1.54) is 24.5 Å². The van der Waals surface area contributed by atoms with Gasteiger partial charge < -0.3 is 19.9 Å². The van der Waals surface area contributed by atoms with Crippen LogP contribution in [0.15, 0.2) is 73.5 Å². The largest absolute Gasteiger partial charge is 0.501 e. The van der Waals surface area contributed by atoms with Crippen molar-refractivity contribution in [3.05, 3.63) is 73.5 Å². The first-order valence-electron chi connectivity index (χ1n) is 9.55. The van der Waals surface area contributed by atoms with Gasteiger partial charge in [0.1, 0.15) is 12.0 Å². The fourth-order valence-corrected chi connectivity index (χ4v) is 2.06. The molecule has 0 aliphatic heterocycles. The molecule has 162 valence electrons. The molecule has 0 aliphatic carbocycles. The van der Waals surface area contributed by atoms with E-state index in [4.69, 9.17) is 14.6 Å². The van der Waals surface area contributed by atoms with Crippen molar-refractivity contribution in [2.24, 2.45) is 0 Å². The number of hydrogen-bond donors (Lipinski definition) is 2. The number of halogens is 2. The highest BCUT2D eigenvalue weighted by atomic mass is 19.2. The second-order valence-corrected chi connectivity index (χ2v) is 5.97. The van der Waals surface area contributed by atoms with Crippen LogP contribution in [0.2, 0.25) is 0 Å². The van der Waals surface area contributed by atoms with E-state index >= 15 is 0 Å². The lowest BCUT2D eigenvalue weighted by atomic mass is 10.2. The summed E-state index contributed by atoms with van der Waals surface area (Å²) in [5, 5.41) is 11.8. The van der Waals surface area contributed by atoms with E-state index < -0.39 is 17.6 Å². The number of aliphatic carboxylic acids is 1. The van der Waals surface area contributed by atoms with Crippen LogP contribution in [0.1, 0.15) is 38.5 Å². The van der Waals surface area contributed by atoms with Gasteiger partial charge in [-0.05, 0) is 57.3 Å². The van der Waals surface area contributed by atoms with Gasteiger partial charge in [0.05, 0.1) is 12.9 Å². The third-order valence-electron chi connectivity index (χ3n) is 3.51. The highest BCUT2D eigenvalue weighted by molar-refractivity contribution is 5.66. The maximum Gasteiger partial charge on any atom is 0.303 e. The first kappa shape index (κ1) is 26.3. The zero-order chi connectivity index (χ0) is 21.7. The maximum atomic E-state index is 13.4. The third kappa shape index (κ3) is 17.2. The second kappa shape index (κ2) is 18.7. The van der Waals surface area contributed by atoms with Crippen molar-refractivity contribution in [3.63, 3.8) is 0 Å². The minimum Gasteiger partial charge on any atom is -0.501 e. The Labute approximate surface area is 171 Å². The van der Waals surface area contributed by atoms with Crippen molar-refractivity contribution >= 4 is 5.97 Å². The Balaban J connectivity index is 3.89. The highest BCUT2D eigenvalue weighted by Gasteiger charge is 2.02. The first-order valence-corrected chi connectivity index (χ1v) is 9.55. The lowest BCUT2D eigenvalue weighted by molar-refractivity contribution is -0.137. The van der Waals surface area contributed by atoms with E-state index in [0.717, 1.165) is 50.9 Å². The maximum absolute atomic E-state index is 13.4. The van der Waals surface area contributed by atoms with E-state index in [1.807, 2.05) is 0 Å². The molecule has 0 unspecified atom stereocenters. The molecule has 0 aromatic carbocycles. The van der Waals surface area contributed by atoms with Gasteiger partial charge in [0.25, 0.3) is 0 Å². The molecule has 5 nitrogen and oxygen atoms in total. The fourth-order valence-electron chi connectivity index (χ4n) is 2.06. The number of nitrogens with one attached hydrogen (secondary N) is 1. The molecule has 29 heavy (non-hydrogen) atoms. The standard InChI is InChI=1S/C22H31F2NO4/c1-3-10-19(29-18-21(24)20(23)11-4-2)13-17-28-16-9-5-7-14-25-15-8-6-12-22(26)27/h3-4,10-11,13,17-18,25H,1-2,5-9,12,14-16H2,(H,26,27)/b17-13-,19-10+,20-11+,21-18+. The van der Waals surface area contributed by atoms with Gasteiger partial charge in [-0.15, -0.1) is 0 Å².